The molecule has 2 heteroatoms. The molecule has 5 aromatic rings. The first-order valence-corrected chi connectivity index (χ1v) is 15.1. The van der Waals surface area contributed by atoms with E-state index < -0.39 is 0 Å². The summed E-state index contributed by atoms with van der Waals surface area (Å²) in [6.45, 7) is 19.2. The zero-order chi connectivity index (χ0) is 31.2. The summed E-state index contributed by atoms with van der Waals surface area (Å²) in [6.07, 6.45) is 0. The molecule has 0 unspecified atom stereocenters. The fourth-order valence-corrected chi connectivity index (χ4v) is 6.80. The first-order valence-electron chi connectivity index (χ1n) is 15.1. The van der Waals surface area contributed by atoms with Crippen molar-refractivity contribution in [3.8, 4) is 22.3 Å². The SMILES string of the molecule is Cc1cc(C)cc(-c2ccc(N(C)c3c(C)cc(C)c(C(=O)c4cccc(-c5c(C)c(C)cc(C)c5C)c4)c3C)cc2)c1. The molecule has 5 aromatic carbocycles. The van der Waals surface area contributed by atoms with Crippen LogP contribution in [-0.2, 0) is 0 Å². The minimum atomic E-state index is 0.0661. The van der Waals surface area contributed by atoms with Crippen molar-refractivity contribution in [2.24, 2.45) is 0 Å². The molecule has 2 nitrogen and oxygen atoms in total. The molecule has 5 rings (SSSR count). The van der Waals surface area contributed by atoms with Gasteiger partial charge in [0.05, 0.1) is 0 Å². The van der Waals surface area contributed by atoms with E-state index in [0.29, 0.717) is 0 Å². The number of anilines is 2. The number of hydrogen-bond donors (Lipinski definition) is 0. The molecule has 0 amide bonds. The molecule has 0 bridgehead atoms. The smallest absolute Gasteiger partial charge is 0.193 e. The van der Waals surface area contributed by atoms with E-state index in [-0.39, 0.29) is 5.78 Å². The number of carbonyl (C=O) groups is 1. The molecule has 0 fully saturated rings. The maximum absolute atomic E-state index is 14.2. The van der Waals surface area contributed by atoms with E-state index in [1.807, 2.05) is 12.1 Å². The van der Waals surface area contributed by atoms with E-state index in [1.54, 1.807) is 0 Å². The van der Waals surface area contributed by atoms with Crippen molar-refractivity contribution in [3.05, 3.63) is 140 Å². The van der Waals surface area contributed by atoms with Gasteiger partial charge in [0.25, 0.3) is 0 Å². The predicted octanol–water partition coefficient (Wildman–Crippen LogP) is 10.8. The van der Waals surface area contributed by atoms with Crippen LogP contribution in [0.25, 0.3) is 22.3 Å². The monoisotopic (exact) mass is 565 g/mol. The molecule has 0 aliphatic heterocycles. The summed E-state index contributed by atoms with van der Waals surface area (Å²) in [7, 11) is 2.09. The maximum Gasteiger partial charge on any atom is 0.193 e. The van der Waals surface area contributed by atoms with Crippen molar-refractivity contribution in [2.75, 3.05) is 11.9 Å². The van der Waals surface area contributed by atoms with Crippen LogP contribution >= 0.6 is 0 Å². The molecular formula is C41H43NO. The lowest BCUT2D eigenvalue weighted by Crippen LogP contribution is -2.16. The second kappa shape index (κ2) is 11.7. The Morgan fingerprint density at radius 1 is 0.535 bits per heavy atom. The third kappa shape index (κ3) is 5.67. The number of carbonyl (C=O) groups excluding carboxylic acids is 1. The Labute approximate surface area is 258 Å². The van der Waals surface area contributed by atoms with Gasteiger partial charge in [0.2, 0.25) is 0 Å². The standard InChI is InChI=1S/C41H43NO/c1-24-18-25(2)20-36(19-24)33-14-16-37(17-15-33)42(10)40-29(6)22-28(5)38(32(40)9)41(43)35-13-11-12-34(23-35)39-30(7)26(3)21-27(4)31(39)8/h11-23H,1-10H3. The Hall–Kier alpha value is -4.43. The second-order valence-corrected chi connectivity index (χ2v) is 12.4. The molecule has 218 valence electrons. The Morgan fingerprint density at radius 3 is 1.72 bits per heavy atom. The maximum atomic E-state index is 14.2. The summed E-state index contributed by atoms with van der Waals surface area (Å²) in [5, 5.41) is 0. The Morgan fingerprint density at radius 2 is 1.12 bits per heavy atom. The Bertz CT molecular complexity index is 1830. The lowest BCUT2D eigenvalue weighted by atomic mass is 9.87. The van der Waals surface area contributed by atoms with E-state index in [4.69, 9.17) is 0 Å². The quantitative estimate of drug-likeness (QED) is 0.191. The van der Waals surface area contributed by atoms with Gasteiger partial charge in [0, 0.05) is 29.5 Å². The minimum absolute atomic E-state index is 0.0661. The third-order valence-corrected chi connectivity index (χ3v) is 9.08. The highest BCUT2D eigenvalue weighted by atomic mass is 16.1. The van der Waals surface area contributed by atoms with E-state index in [1.165, 1.54) is 50.1 Å². The van der Waals surface area contributed by atoms with Crippen molar-refractivity contribution in [1.29, 1.82) is 0 Å². The van der Waals surface area contributed by atoms with Crippen LogP contribution in [0.5, 0.6) is 0 Å². The third-order valence-electron chi connectivity index (χ3n) is 9.08. The van der Waals surface area contributed by atoms with Crippen LogP contribution in [0.3, 0.4) is 0 Å². The summed E-state index contributed by atoms with van der Waals surface area (Å²) in [5.41, 5.74) is 19.2. The predicted molar refractivity (Wildman–Crippen MR) is 184 cm³/mol. The number of hydrogen-bond acceptors (Lipinski definition) is 2. The highest BCUT2D eigenvalue weighted by Crippen LogP contribution is 2.37. The van der Waals surface area contributed by atoms with Crippen LogP contribution in [0.15, 0.2) is 78.9 Å². The van der Waals surface area contributed by atoms with Gasteiger partial charge in [-0.3, -0.25) is 4.79 Å². The van der Waals surface area contributed by atoms with Crippen LogP contribution in [0.1, 0.15) is 66.0 Å². The van der Waals surface area contributed by atoms with Gasteiger partial charge in [-0.1, -0.05) is 71.8 Å². The first kappa shape index (κ1) is 30.0. The molecule has 0 heterocycles. The van der Waals surface area contributed by atoms with Crippen molar-refractivity contribution >= 4 is 17.2 Å². The lowest BCUT2D eigenvalue weighted by molar-refractivity contribution is 0.103. The Kier molecular flexibility index (Phi) is 8.16. The summed E-state index contributed by atoms with van der Waals surface area (Å²) in [6, 6.07) is 28.0. The van der Waals surface area contributed by atoms with E-state index >= 15 is 0 Å². The average Bonchev–Trinajstić information content (AvgIpc) is 2.95. The summed E-state index contributed by atoms with van der Waals surface area (Å²) < 4.78 is 0. The van der Waals surface area contributed by atoms with Crippen LogP contribution in [0.4, 0.5) is 11.4 Å². The van der Waals surface area contributed by atoms with Gasteiger partial charge in [-0.2, -0.15) is 0 Å². The van der Waals surface area contributed by atoms with Gasteiger partial charge in [-0.15, -0.1) is 0 Å². The highest BCUT2D eigenvalue weighted by Gasteiger charge is 2.22. The number of ketones is 1. The van der Waals surface area contributed by atoms with Crippen LogP contribution in [0.2, 0.25) is 0 Å². The molecule has 0 radical (unpaired) electrons. The van der Waals surface area contributed by atoms with Crippen molar-refractivity contribution in [2.45, 2.75) is 62.3 Å². The first-order chi connectivity index (χ1) is 20.4. The largest absolute Gasteiger partial charge is 0.344 e. The molecule has 43 heavy (non-hydrogen) atoms. The molecule has 0 aliphatic rings. The van der Waals surface area contributed by atoms with Crippen LogP contribution in [0, 0.1) is 62.3 Å². The molecule has 0 aliphatic carbocycles. The van der Waals surface area contributed by atoms with Crippen LogP contribution < -0.4 is 4.90 Å². The van der Waals surface area contributed by atoms with Gasteiger partial charge in [0.15, 0.2) is 5.78 Å². The Balaban J connectivity index is 1.53. The number of nitrogens with zero attached hydrogens (tertiary/aromatic N) is 1. The molecule has 0 atom stereocenters. The zero-order valence-electron chi connectivity index (χ0n) is 27.4. The van der Waals surface area contributed by atoms with Gasteiger partial charge in [-0.25, -0.2) is 0 Å². The number of rotatable bonds is 6. The van der Waals surface area contributed by atoms with E-state index in [0.717, 1.165) is 44.8 Å². The minimum Gasteiger partial charge on any atom is -0.344 e. The fourth-order valence-electron chi connectivity index (χ4n) is 6.80. The molecule has 0 aromatic heterocycles. The van der Waals surface area contributed by atoms with Gasteiger partial charge in [0.1, 0.15) is 0 Å². The van der Waals surface area contributed by atoms with Gasteiger partial charge in [-0.05, 0) is 142 Å². The van der Waals surface area contributed by atoms with Crippen molar-refractivity contribution < 1.29 is 4.79 Å². The average molecular weight is 566 g/mol. The molecule has 0 saturated carbocycles. The molecule has 0 spiro atoms. The molecule has 0 N–H and O–H groups in total. The van der Waals surface area contributed by atoms with E-state index in [2.05, 4.69) is 141 Å². The summed E-state index contributed by atoms with van der Waals surface area (Å²) in [4.78, 5) is 16.4. The lowest BCUT2D eigenvalue weighted by Gasteiger charge is -2.26. The topological polar surface area (TPSA) is 20.3 Å². The molecule has 0 saturated heterocycles. The van der Waals surface area contributed by atoms with Gasteiger partial charge < -0.3 is 4.90 Å². The van der Waals surface area contributed by atoms with Gasteiger partial charge >= 0.3 is 0 Å². The second-order valence-electron chi connectivity index (χ2n) is 12.4. The summed E-state index contributed by atoms with van der Waals surface area (Å²) >= 11 is 0. The van der Waals surface area contributed by atoms with Crippen molar-refractivity contribution in [1.82, 2.24) is 0 Å². The van der Waals surface area contributed by atoms with Crippen LogP contribution in [-0.4, -0.2) is 12.8 Å². The fraction of sp³-hybridized carbons (Fsp3) is 0.244. The highest BCUT2D eigenvalue weighted by molar-refractivity contribution is 6.12. The van der Waals surface area contributed by atoms with Crippen molar-refractivity contribution in [3.63, 3.8) is 0 Å². The normalized spacial score (nSPS) is 11.1. The van der Waals surface area contributed by atoms with E-state index in [9.17, 15) is 4.79 Å². The summed E-state index contributed by atoms with van der Waals surface area (Å²) in [5.74, 6) is 0.0661. The molecular weight excluding hydrogens is 522 g/mol. The zero-order valence-corrected chi connectivity index (χ0v) is 27.4. The number of benzene rings is 5. The number of aryl methyl sites for hydroxylation is 6.